The fourth-order valence-electron chi connectivity index (χ4n) is 13.8. The maximum atomic E-state index is 6.68. The fourth-order valence-corrected chi connectivity index (χ4v) is 13.8. The minimum Gasteiger partial charge on any atom is -0.436 e. The van der Waals surface area contributed by atoms with Gasteiger partial charge in [0.1, 0.15) is 11.0 Å². The predicted octanol–water partition coefficient (Wildman–Crippen LogP) is 23.7. The van der Waals surface area contributed by atoms with Gasteiger partial charge in [0.25, 0.3) is 0 Å². The normalized spacial score (nSPS) is 11.6. The van der Waals surface area contributed by atoms with Crippen molar-refractivity contribution in [2.45, 2.75) is 0 Å². The van der Waals surface area contributed by atoms with Crippen molar-refractivity contribution in [3.8, 4) is 123 Å². The van der Waals surface area contributed by atoms with Crippen LogP contribution in [0.15, 0.2) is 337 Å². The molecule has 0 aliphatic rings. The van der Waals surface area contributed by atoms with E-state index in [9.17, 15) is 0 Å². The summed E-state index contributed by atoms with van der Waals surface area (Å²) in [5, 5.41) is 9.52. The van der Waals surface area contributed by atoms with Crippen LogP contribution in [0.3, 0.4) is 0 Å². The molecule has 0 saturated carbocycles. The quantitative estimate of drug-likeness (QED) is 0.128. The largest absolute Gasteiger partial charge is 0.436 e. The Labute approximate surface area is 542 Å². The molecule has 0 unspecified atom stereocenters. The van der Waals surface area contributed by atoms with Crippen LogP contribution in [0.2, 0.25) is 0 Å². The lowest BCUT2D eigenvalue weighted by atomic mass is 9.89. The van der Waals surface area contributed by atoms with Crippen molar-refractivity contribution in [1.29, 1.82) is 0 Å². The van der Waals surface area contributed by atoms with Gasteiger partial charge in [0.2, 0.25) is 11.8 Å². The summed E-state index contributed by atoms with van der Waals surface area (Å²) in [4.78, 5) is 20.3. The van der Waals surface area contributed by atoms with E-state index in [0.717, 1.165) is 134 Å². The summed E-state index contributed by atoms with van der Waals surface area (Å²) in [6, 6.07) is 114. The van der Waals surface area contributed by atoms with Gasteiger partial charge in [0, 0.05) is 28.5 Å². The molecule has 0 aliphatic carbocycles. The van der Waals surface area contributed by atoms with Crippen molar-refractivity contribution < 1.29 is 8.83 Å². The van der Waals surface area contributed by atoms with E-state index in [-0.39, 0.29) is 0 Å². The van der Waals surface area contributed by atoms with E-state index in [1.54, 1.807) is 0 Å². The first kappa shape index (κ1) is 54.3. The molecule has 14 aromatic carbocycles. The Morgan fingerprint density at radius 1 is 0.213 bits per heavy atom. The molecule has 0 fully saturated rings. The fraction of sp³-hybridized carbons (Fsp3) is 0. The molecule has 0 atom stereocenters. The van der Waals surface area contributed by atoms with Crippen LogP contribution in [0.25, 0.3) is 189 Å². The second-order valence-electron chi connectivity index (χ2n) is 24.0. The number of hydrogen-bond acceptors (Lipinski definition) is 6. The van der Waals surface area contributed by atoms with Crippen LogP contribution in [-0.2, 0) is 0 Å². The van der Waals surface area contributed by atoms with E-state index in [0.29, 0.717) is 11.8 Å². The van der Waals surface area contributed by atoms with Gasteiger partial charge in [-0.05, 0) is 188 Å². The smallest absolute Gasteiger partial charge is 0.227 e. The zero-order valence-electron chi connectivity index (χ0n) is 50.8. The van der Waals surface area contributed by atoms with Crippen LogP contribution in [0.4, 0.5) is 0 Å². The molecule has 0 saturated heterocycles. The Morgan fingerprint density at radius 3 is 0.947 bits per heavy atom. The van der Waals surface area contributed by atoms with Crippen LogP contribution >= 0.6 is 0 Å². The molecular formula is C88H54N4O2. The van der Waals surface area contributed by atoms with Crippen LogP contribution in [0, 0.1) is 0 Å². The second-order valence-corrected chi connectivity index (χ2v) is 24.0. The molecule has 0 radical (unpaired) electrons. The van der Waals surface area contributed by atoms with E-state index in [2.05, 4.69) is 308 Å². The SMILES string of the molecule is c1ccc(-c2ccc(-c3ccc(-c4ccc(-c5nc6cc(-c7cccc8ccccc78)c(-c7cccc8ccccc78)cc6o5)cc4)cc3)c(-c3ccc(-c4ccc(-c5nc6cc(-c7cccc8ccccc78)c(-c7cccc8ccccc78)cc6o5)cc4)cc3)n2)nc1. The molecule has 438 valence electrons. The summed E-state index contributed by atoms with van der Waals surface area (Å²) in [6.07, 6.45) is 1.81. The van der Waals surface area contributed by atoms with Gasteiger partial charge in [-0.15, -0.1) is 0 Å². The van der Waals surface area contributed by atoms with Gasteiger partial charge in [-0.3, -0.25) is 4.98 Å². The molecule has 0 amide bonds. The number of oxazole rings is 2. The maximum absolute atomic E-state index is 6.68. The molecule has 0 N–H and O–H groups in total. The molecule has 18 rings (SSSR count). The molecule has 0 spiro atoms. The third kappa shape index (κ3) is 9.68. The standard InChI is InChI=1S/C88H54N4O2/c1-5-23-67-59(15-1)19-11-27-72(67)76-51-82-84(53-78(76)74-29-13-21-61-17-3-7-25-69(61)74)93-87(91-82)65-44-36-57(37-45-65)55-32-40-63(41-33-55)71-48-49-81(80-31-9-10-50-89-80)90-86(71)64-42-34-56(35-43-64)58-38-46-66(47-39-58)88-92-83-52-77(73-28-12-20-60-16-2-6-24-68(60)73)79(54-85(83)94-88)75-30-14-22-62-18-4-8-26-70(62)75/h1-54H. The van der Waals surface area contributed by atoms with Crippen LogP contribution < -0.4 is 0 Å². The van der Waals surface area contributed by atoms with Gasteiger partial charge in [-0.2, -0.15) is 0 Å². The number of fused-ring (bicyclic) bond motifs is 6. The van der Waals surface area contributed by atoms with Crippen LogP contribution in [0.5, 0.6) is 0 Å². The summed E-state index contributed by atoms with van der Waals surface area (Å²) >= 11 is 0. The summed E-state index contributed by atoms with van der Waals surface area (Å²) in [6.45, 7) is 0. The van der Waals surface area contributed by atoms with Crippen molar-refractivity contribution in [3.63, 3.8) is 0 Å². The molecule has 6 heteroatoms. The molecule has 0 bridgehead atoms. The molecular weight excluding hydrogens is 1140 g/mol. The van der Waals surface area contributed by atoms with Crippen molar-refractivity contribution in [3.05, 3.63) is 328 Å². The zero-order valence-corrected chi connectivity index (χ0v) is 50.8. The number of nitrogens with zero attached hydrogens (tertiary/aromatic N) is 4. The monoisotopic (exact) mass is 1200 g/mol. The molecule has 4 aromatic heterocycles. The van der Waals surface area contributed by atoms with Gasteiger partial charge in [0.15, 0.2) is 11.2 Å². The molecule has 18 aromatic rings. The lowest BCUT2D eigenvalue weighted by Crippen LogP contribution is -1.94. The van der Waals surface area contributed by atoms with E-state index >= 15 is 0 Å². The Balaban J connectivity index is 0.633. The second kappa shape index (κ2) is 22.7. The molecule has 0 aliphatic heterocycles. The van der Waals surface area contributed by atoms with Crippen molar-refractivity contribution in [2.75, 3.05) is 0 Å². The van der Waals surface area contributed by atoms with Gasteiger partial charge >= 0.3 is 0 Å². The summed E-state index contributed by atoms with van der Waals surface area (Å²) < 4.78 is 13.4. The highest BCUT2D eigenvalue weighted by molar-refractivity contribution is 6.10. The maximum Gasteiger partial charge on any atom is 0.227 e. The van der Waals surface area contributed by atoms with Crippen LogP contribution in [0.1, 0.15) is 0 Å². The number of hydrogen-bond donors (Lipinski definition) is 0. The van der Waals surface area contributed by atoms with Crippen molar-refractivity contribution in [1.82, 2.24) is 19.9 Å². The molecule has 4 heterocycles. The minimum atomic E-state index is 0.573. The van der Waals surface area contributed by atoms with E-state index in [4.69, 9.17) is 23.8 Å². The number of pyridine rings is 2. The van der Waals surface area contributed by atoms with Gasteiger partial charge < -0.3 is 8.83 Å². The highest BCUT2D eigenvalue weighted by Crippen LogP contribution is 2.45. The van der Waals surface area contributed by atoms with Gasteiger partial charge in [0.05, 0.1) is 17.1 Å². The molecule has 94 heavy (non-hydrogen) atoms. The van der Waals surface area contributed by atoms with E-state index in [1.807, 2.05) is 24.4 Å². The van der Waals surface area contributed by atoms with Gasteiger partial charge in [-0.25, -0.2) is 15.0 Å². The summed E-state index contributed by atoms with van der Waals surface area (Å²) in [5.41, 5.74) is 23.8. The third-order valence-corrected chi connectivity index (χ3v) is 18.5. The Kier molecular flexibility index (Phi) is 13.1. The van der Waals surface area contributed by atoms with Gasteiger partial charge in [-0.1, -0.05) is 249 Å². The number of aromatic nitrogens is 4. The first-order valence-electron chi connectivity index (χ1n) is 31.7. The first-order chi connectivity index (χ1) is 46.5. The van der Waals surface area contributed by atoms with E-state index < -0.39 is 0 Å². The predicted molar refractivity (Wildman–Crippen MR) is 387 cm³/mol. The van der Waals surface area contributed by atoms with E-state index in [1.165, 1.54) is 43.1 Å². The average molecular weight is 1200 g/mol. The lowest BCUT2D eigenvalue weighted by molar-refractivity contribution is 0.619. The van der Waals surface area contributed by atoms with Crippen LogP contribution in [-0.4, -0.2) is 19.9 Å². The minimum absolute atomic E-state index is 0.573. The highest BCUT2D eigenvalue weighted by Gasteiger charge is 2.22. The zero-order chi connectivity index (χ0) is 62.1. The molecule has 6 nitrogen and oxygen atoms in total. The Morgan fingerprint density at radius 2 is 0.553 bits per heavy atom. The lowest BCUT2D eigenvalue weighted by Gasteiger charge is -2.14. The summed E-state index contributed by atoms with van der Waals surface area (Å²) in [7, 11) is 0. The Hall–Kier alpha value is -12.6. The summed E-state index contributed by atoms with van der Waals surface area (Å²) in [5.74, 6) is 1.15. The topological polar surface area (TPSA) is 77.8 Å². The Bertz CT molecular complexity index is 5700. The van der Waals surface area contributed by atoms with Crippen molar-refractivity contribution in [2.24, 2.45) is 0 Å². The average Bonchev–Trinajstić information content (AvgIpc) is 1.33. The first-order valence-corrected chi connectivity index (χ1v) is 31.7. The number of rotatable bonds is 11. The number of benzene rings is 14. The highest BCUT2D eigenvalue weighted by atomic mass is 16.4. The third-order valence-electron chi connectivity index (χ3n) is 18.5. The van der Waals surface area contributed by atoms with Crippen molar-refractivity contribution >= 4 is 65.3 Å².